The second-order valence-electron chi connectivity index (χ2n) is 5.87. The van der Waals surface area contributed by atoms with Gasteiger partial charge in [-0.15, -0.1) is 0 Å². The zero-order chi connectivity index (χ0) is 18.9. The molecule has 0 heterocycles. The molecule has 0 aromatic heterocycles. The highest BCUT2D eigenvalue weighted by Gasteiger charge is 2.17. The average Bonchev–Trinajstić information content (AvgIpc) is 2.62. The van der Waals surface area contributed by atoms with Crippen molar-refractivity contribution in [3.63, 3.8) is 0 Å². The fraction of sp³-hybridized carbons (Fsp3) is 0.250. The summed E-state index contributed by atoms with van der Waals surface area (Å²) in [5.41, 5.74) is 2.23. The van der Waals surface area contributed by atoms with Crippen LogP contribution in [-0.2, 0) is 25.5 Å². The van der Waals surface area contributed by atoms with E-state index in [0.29, 0.717) is 17.8 Å². The van der Waals surface area contributed by atoms with Crippen molar-refractivity contribution in [3.05, 3.63) is 60.2 Å². The van der Waals surface area contributed by atoms with Gasteiger partial charge < -0.3 is 15.4 Å². The van der Waals surface area contributed by atoms with Gasteiger partial charge in [-0.05, 0) is 43.2 Å². The minimum Gasteiger partial charge on any atom is -0.453 e. The van der Waals surface area contributed by atoms with Gasteiger partial charge in [0.15, 0.2) is 6.10 Å². The maximum absolute atomic E-state index is 12.1. The van der Waals surface area contributed by atoms with Gasteiger partial charge in [0.1, 0.15) is 0 Å². The third kappa shape index (κ3) is 6.39. The summed E-state index contributed by atoms with van der Waals surface area (Å²) in [5, 5.41) is 5.31. The van der Waals surface area contributed by atoms with Crippen molar-refractivity contribution in [2.45, 2.75) is 32.8 Å². The first-order valence-corrected chi connectivity index (χ1v) is 8.36. The molecular weight excluding hydrogens is 332 g/mol. The smallest absolute Gasteiger partial charge is 0.306 e. The summed E-state index contributed by atoms with van der Waals surface area (Å²) in [6.45, 7) is 2.95. The second-order valence-corrected chi connectivity index (χ2v) is 5.87. The Bertz CT molecular complexity index is 757. The Balaban J connectivity index is 1.79. The van der Waals surface area contributed by atoms with Gasteiger partial charge in [0.2, 0.25) is 5.91 Å². The highest BCUT2D eigenvalue weighted by molar-refractivity contribution is 5.95. The number of esters is 1. The van der Waals surface area contributed by atoms with Crippen molar-refractivity contribution in [1.82, 2.24) is 0 Å². The number of hydrogen-bond donors (Lipinski definition) is 2. The monoisotopic (exact) mass is 354 g/mol. The normalized spacial score (nSPS) is 11.3. The fourth-order valence-corrected chi connectivity index (χ4v) is 2.28. The standard InChI is InChI=1S/C20H22N2O4/c1-14(26-19(24)13-8-16-6-4-3-5-7-16)20(25)22-18-11-9-17(10-12-18)21-15(2)23/h3-7,9-12,14H,8,13H2,1-2H3,(H,21,23)(H,22,25)/t14-/m1/s1. The molecule has 2 rings (SSSR count). The Kier molecular flexibility index (Phi) is 6.91. The van der Waals surface area contributed by atoms with E-state index in [0.717, 1.165) is 5.56 Å². The van der Waals surface area contributed by atoms with Crippen molar-refractivity contribution in [2.24, 2.45) is 0 Å². The number of aryl methyl sites for hydroxylation is 1. The van der Waals surface area contributed by atoms with E-state index in [-0.39, 0.29) is 12.3 Å². The number of hydrogen-bond acceptors (Lipinski definition) is 4. The number of ether oxygens (including phenoxy) is 1. The van der Waals surface area contributed by atoms with Crippen LogP contribution in [0.2, 0.25) is 0 Å². The third-order valence-electron chi connectivity index (χ3n) is 3.61. The summed E-state index contributed by atoms with van der Waals surface area (Å²) in [7, 11) is 0. The van der Waals surface area contributed by atoms with Crippen LogP contribution in [0.3, 0.4) is 0 Å². The van der Waals surface area contributed by atoms with Crippen molar-refractivity contribution in [3.8, 4) is 0 Å². The molecule has 0 spiro atoms. The molecule has 0 bridgehead atoms. The molecule has 6 heteroatoms. The van der Waals surface area contributed by atoms with Crippen LogP contribution in [0.5, 0.6) is 0 Å². The lowest BCUT2D eigenvalue weighted by Gasteiger charge is -2.14. The molecule has 0 aliphatic carbocycles. The minimum atomic E-state index is -0.895. The molecule has 2 aromatic rings. The van der Waals surface area contributed by atoms with E-state index in [1.165, 1.54) is 13.8 Å². The van der Waals surface area contributed by atoms with Gasteiger partial charge in [-0.3, -0.25) is 14.4 Å². The van der Waals surface area contributed by atoms with Crippen LogP contribution >= 0.6 is 0 Å². The zero-order valence-electron chi connectivity index (χ0n) is 14.8. The largest absolute Gasteiger partial charge is 0.453 e. The maximum atomic E-state index is 12.1. The van der Waals surface area contributed by atoms with E-state index in [4.69, 9.17) is 4.74 Å². The van der Waals surface area contributed by atoms with E-state index >= 15 is 0 Å². The van der Waals surface area contributed by atoms with Crippen molar-refractivity contribution in [2.75, 3.05) is 10.6 Å². The van der Waals surface area contributed by atoms with Crippen LogP contribution in [0.25, 0.3) is 0 Å². The molecule has 2 aromatic carbocycles. The molecule has 0 unspecified atom stereocenters. The number of carbonyl (C=O) groups is 3. The molecule has 2 N–H and O–H groups in total. The molecule has 2 amide bonds. The second kappa shape index (κ2) is 9.36. The Hall–Kier alpha value is -3.15. The lowest BCUT2D eigenvalue weighted by Crippen LogP contribution is -2.30. The first kappa shape index (κ1) is 19.2. The van der Waals surface area contributed by atoms with Crippen LogP contribution in [0, 0.1) is 0 Å². The number of anilines is 2. The van der Waals surface area contributed by atoms with Crippen molar-refractivity contribution in [1.29, 1.82) is 0 Å². The van der Waals surface area contributed by atoms with Crippen molar-refractivity contribution >= 4 is 29.2 Å². The summed E-state index contributed by atoms with van der Waals surface area (Å²) >= 11 is 0. The number of benzene rings is 2. The first-order valence-electron chi connectivity index (χ1n) is 8.36. The predicted octanol–water partition coefficient (Wildman–Crippen LogP) is 3.15. The van der Waals surface area contributed by atoms with E-state index in [9.17, 15) is 14.4 Å². The zero-order valence-corrected chi connectivity index (χ0v) is 14.8. The predicted molar refractivity (Wildman–Crippen MR) is 99.7 cm³/mol. The molecule has 0 radical (unpaired) electrons. The minimum absolute atomic E-state index is 0.169. The molecule has 0 saturated carbocycles. The molecule has 136 valence electrons. The molecule has 0 fully saturated rings. The Morgan fingerprint density at radius 1 is 0.923 bits per heavy atom. The van der Waals surface area contributed by atoms with E-state index < -0.39 is 18.0 Å². The van der Waals surface area contributed by atoms with Gasteiger partial charge in [-0.2, -0.15) is 0 Å². The third-order valence-corrected chi connectivity index (χ3v) is 3.61. The van der Waals surface area contributed by atoms with Crippen molar-refractivity contribution < 1.29 is 19.1 Å². The van der Waals surface area contributed by atoms with Gasteiger partial charge in [-0.25, -0.2) is 0 Å². The van der Waals surface area contributed by atoms with E-state index in [2.05, 4.69) is 10.6 Å². The summed E-state index contributed by atoms with van der Waals surface area (Å²) < 4.78 is 5.17. The van der Waals surface area contributed by atoms with Crippen LogP contribution in [0.1, 0.15) is 25.8 Å². The van der Waals surface area contributed by atoms with Gasteiger partial charge >= 0.3 is 5.97 Å². The lowest BCUT2D eigenvalue weighted by atomic mass is 10.1. The average molecular weight is 354 g/mol. The lowest BCUT2D eigenvalue weighted by molar-refractivity contribution is -0.153. The summed E-state index contributed by atoms with van der Waals surface area (Å²) in [6.07, 6.45) is -0.112. The van der Waals surface area contributed by atoms with E-state index in [1.807, 2.05) is 30.3 Å². The van der Waals surface area contributed by atoms with Crippen LogP contribution < -0.4 is 10.6 Å². The molecule has 0 saturated heterocycles. The number of carbonyl (C=O) groups excluding carboxylic acids is 3. The molecule has 26 heavy (non-hydrogen) atoms. The summed E-state index contributed by atoms with van der Waals surface area (Å²) in [4.78, 5) is 35.0. The SMILES string of the molecule is CC(=O)Nc1ccc(NC(=O)[C@@H](C)OC(=O)CCc2ccccc2)cc1. The van der Waals surface area contributed by atoms with Crippen LogP contribution in [0.15, 0.2) is 54.6 Å². The number of nitrogens with one attached hydrogen (secondary N) is 2. The Labute approximate surface area is 152 Å². The molecule has 6 nitrogen and oxygen atoms in total. The quantitative estimate of drug-likeness (QED) is 0.748. The van der Waals surface area contributed by atoms with Gasteiger partial charge in [-0.1, -0.05) is 30.3 Å². The topological polar surface area (TPSA) is 84.5 Å². The molecule has 1 atom stereocenters. The number of rotatable bonds is 7. The van der Waals surface area contributed by atoms with Gasteiger partial charge in [0.25, 0.3) is 5.91 Å². The Morgan fingerprint density at radius 3 is 2.08 bits per heavy atom. The number of amides is 2. The highest BCUT2D eigenvalue weighted by atomic mass is 16.5. The fourth-order valence-electron chi connectivity index (χ4n) is 2.28. The van der Waals surface area contributed by atoms with Crippen LogP contribution in [-0.4, -0.2) is 23.9 Å². The molecular formula is C20H22N2O4. The van der Waals surface area contributed by atoms with Crippen LogP contribution in [0.4, 0.5) is 11.4 Å². The van der Waals surface area contributed by atoms with E-state index in [1.54, 1.807) is 24.3 Å². The van der Waals surface area contributed by atoms with Gasteiger partial charge in [0, 0.05) is 24.7 Å². The summed E-state index contributed by atoms with van der Waals surface area (Å²) in [5.74, 6) is -0.999. The first-order chi connectivity index (χ1) is 12.4. The molecule has 0 aliphatic heterocycles. The highest BCUT2D eigenvalue weighted by Crippen LogP contribution is 2.14. The molecule has 0 aliphatic rings. The van der Waals surface area contributed by atoms with Gasteiger partial charge in [0.05, 0.1) is 0 Å². The Morgan fingerprint density at radius 2 is 1.50 bits per heavy atom. The maximum Gasteiger partial charge on any atom is 0.306 e. The summed E-state index contributed by atoms with van der Waals surface area (Å²) in [6, 6.07) is 16.3.